The van der Waals surface area contributed by atoms with E-state index < -0.39 is 0 Å². The van der Waals surface area contributed by atoms with Crippen molar-refractivity contribution < 1.29 is 9.59 Å². The number of hydrogen-bond acceptors (Lipinski definition) is 4. The Kier molecular flexibility index (Phi) is 5.60. The van der Waals surface area contributed by atoms with Gasteiger partial charge in [-0.2, -0.15) is 0 Å². The fourth-order valence-electron chi connectivity index (χ4n) is 3.83. The van der Waals surface area contributed by atoms with Crippen LogP contribution in [0.1, 0.15) is 51.4 Å². The average Bonchev–Trinajstić information content (AvgIpc) is 3.14. The summed E-state index contributed by atoms with van der Waals surface area (Å²) in [6.45, 7) is 2.41. The van der Waals surface area contributed by atoms with E-state index in [-0.39, 0.29) is 11.3 Å². The van der Waals surface area contributed by atoms with Gasteiger partial charge in [0.2, 0.25) is 11.8 Å². The minimum Gasteiger partial charge on any atom is -0.355 e. The third kappa shape index (κ3) is 4.13. The van der Waals surface area contributed by atoms with Crippen LogP contribution in [0, 0.1) is 5.41 Å². The lowest BCUT2D eigenvalue weighted by atomic mass is 9.79. The molecule has 0 aliphatic carbocycles. The van der Waals surface area contributed by atoms with Gasteiger partial charge < -0.3 is 10.2 Å². The van der Waals surface area contributed by atoms with Crippen LogP contribution in [0.15, 0.2) is 0 Å². The van der Waals surface area contributed by atoms with Crippen LogP contribution in [0.2, 0.25) is 0 Å². The zero-order chi connectivity index (χ0) is 15.4. The van der Waals surface area contributed by atoms with Crippen molar-refractivity contribution in [3.8, 4) is 0 Å². The SMILES string of the molecule is O=C1C[C@]2(CCCN(C(=O)CCCC[C@@H]3CCSS3)C2)CN1. The predicted octanol–water partition coefficient (Wildman–Crippen LogP) is 2.83. The van der Waals surface area contributed by atoms with Gasteiger partial charge in [0.05, 0.1) is 0 Å². The van der Waals surface area contributed by atoms with E-state index in [1.54, 1.807) is 0 Å². The predicted molar refractivity (Wildman–Crippen MR) is 92.8 cm³/mol. The van der Waals surface area contributed by atoms with Gasteiger partial charge >= 0.3 is 0 Å². The molecule has 3 saturated heterocycles. The largest absolute Gasteiger partial charge is 0.355 e. The second kappa shape index (κ2) is 7.47. The number of likely N-dealkylation sites (tertiary alicyclic amines) is 1. The summed E-state index contributed by atoms with van der Waals surface area (Å²) < 4.78 is 0. The van der Waals surface area contributed by atoms with Crippen molar-refractivity contribution in [2.75, 3.05) is 25.4 Å². The Morgan fingerprint density at radius 1 is 1.41 bits per heavy atom. The number of nitrogens with one attached hydrogen (secondary N) is 1. The molecule has 0 saturated carbocycles. The van der Waals surface area contributed by atoms with Crippen LogP contribution in [0.3, 0.4) is 0 Å². The molecule has 1 spiro atoms. The molecule has 0 aromatic carbocycles. The first-order valence-corrected chi connectivity index (χ1v) is 10.9. The normalized spacial score (nSPS) is 31.7. The summed E-state index contributed by atoms with van der Waals surface area (Å²) in [5.74, 6) is 1.74. The number of hydrogen-bond donors (Lipinski definition) is 1. The Balaban J connectivity index is 1.39. The van der Waals surface area contributed by atoms with Crippen LogP contribution in [-0.2, 0) is 9.59 Å². The fourth-order valence-corrected chi connectivity index (χ4v) is 6.86. The van der Waals surface area contributed by atoms with Gasteiger partial charge in [-0.1, -0.05) is 28.0 Å². The summed E-state index contributed by atoms with van der Waals surface area (Å²) in [7, 11) is 4.01. The van der Waals surface area contributed by atoms with Crippen LogP contribution in [0.4, 0.5) is 0 Å². The molecule has 0 bridgehead atoms. The number of amides is 2. The van der Waals surface area contributed by atoms with E-state index >= 15 is 0 Å². The molecule has 0 radical (unpaired) electrons. The van der Waals surface area contributed by atoms with E-state index in [9.17, 15) is 9.59 Å². The van der Waals surface area contributed by atoms with Gasteiger partial charge in [-0.15, -0.1) is 0 Å². The Morgan fingerprint density at radius 3 is 3.05 bits per heavy atom. The van der Waals surface area contributed by atoms with Gasteiger partial charge in [-0.3, -0.25) is 9.59 Å². The zero-order valence-corrected chi connectivity index (χ0v) is 14.8. The third-order valence-electron chi connectivity index (χ3n) is 5.10. The number of carbonyl (C=O) groups excluding carboxylic acids is 2. The molecule has 124 valence electrons. The summed E-state index contributed by atoms with van der Waals surface area (Å²) in [5, 5.41) is 3.76. The number of piperidine rings is 1. The van der Waals surface area contributed by atoms with Gasteiger partial charge in [0.1, 0.15) is 0 Å². The molecule has 4 nitrogen and oxygen atoms in total. The van der Waals surface area contributed by atoms with E-state index in [1.165, 1.54) is 25.0 Å². The molecule has 0 aromatic heterocycles. The number of nitrogens with zero attached hydrogens (tertiary/aromatic N) is 1. The highest BCUT2D eigenvalue weighted by molar-refractivity contribution is 8.77. The number of carbonyl (C=O) groups is 2. The minimum atomic E-state index is 0.0305. The van der Waals surface area contributed by atoms with Crippen molar-refractivity contribution in [2.45, 2.75) is 56.6 Å². The monoisotopic (exact) mass is 342 g/mol. The smallest absolute Gasteiger partial charge is 0.222 e. The third-order valence-corrected chi connectivity index (χ3v) is 8.11. The quantitative estimate of drug-likeness (QED) is 0.616. The Hall–Kier alpha value is -0.360. The van der Waals surface area contributed by atoms with Gasteiger partial charge in [-0.05, 0) is 32.1 Å². The average molecular weight is 343 g/mol. The maximum Gasteiger partial charge on any atom is 0.222 e. The van der Waals surface area contributed by atoms with Crippen molar-refractivity contribution in [3.05, 3.63) is 0 Å². The summed E-state index contributed by atoms with van der Waals surface area (Å²) in [4.78, 5) is 26.0. The first-order valence-electron chi connectivity index (χ1n) is 8.50. The van der Waals surface area contributed by atoms with Crippen LogP contribution >= 0.6 is 21.6 Å². The topological polar surface area (TPSA) is 49.4 Å². The molecule has 1 N–H and O–H groups in total. The fraction of sp³-hybridized carbons (Fsp3) is 0.875. The molecule has 2 amide bonds. The molecule has 3 heterocycles. The van der Waals surface area contributed by atoms with Crippen LogP contribution in [0.25, 0.3) is 0 Å². The van der Waals surface area contributed by atoms with Gasteiger partial charge in [0.15, 0.2) is 0 Å². The Labute approximate surface area is 140 Å². The maximum absolute atomic E-state index is 12.4. The van der Waals surface area contributed by atoms with E-state index in [4.69, 9.17) is 0 Å². The van der Waals surface area contributed by atoms with Crippen molar-refractivity contribution in [1.82, 2.24) is 10.2 Å². The van der Waals surface area contributed by atoms with Crippen molar-refractivity contribution >= 4 is 33.4 Å². The van der Waals surface area contributed by atoms with E-state index in [0.717, 1.165) is 44.1 Å². The van der Waals surface area contributed by atoms with Crippen LogP contribution in [0.5, 0.6) is 0 Å². The van der Waals surface area contributed by atoms with Crippen LogP contribution < -0.4 is 5.32 Å². The molecule has 0 unspecified atom stereocenters. The molecule has 3 aliphatic heterocycles. The molecule has 2 atom stereocenters. The lowest BCUT2D eigenvalue weighted by Crippen LogP contribution is -2.47. The molecule has 3 fully saturated rings. The summed E-state index contributed by atoms with van der Waals surface area (Å²) >= 11 is 0. The molecule has 3 aliphatic rings. The summed E-state index contributed by atoms with van der Waals surface area (Å²) in [6, 6.07) is 0. The minimum absolute atomic E-state index is 0.0305. The lowest BCUT2D eigenvalue weighted by Gasteiger charge is -2.39. The number of rotatable bonds is 5. The Bertz CT molecular complexity index is 426. The van der Waals surface area contributed by atoms with Gasteiger partial charge in [0.25, 0.3) is 0 Å². The molecule has 6 heteroatoms. The lowest BCUT2D eigenvalue weighted by molar-refractivity contribution is -0.135. The van der Waals surface area contributed by atoms with Gasteiger partial charge in [-0.25, -0.2) is 0 Å². The molecule has 0 aromatic rings. The molecular formula is C16H26N2O2S2. The van der Waals surface area contributed by atoms with Crippen molar-refractivity contribution in [3.63, 3.8) is 0 Å². The Morgan fingerprint density at radius 2 is 2.32 bits per heavy atom. The highest BCUT2D eigenvalue weighted by Crippen LogP contribution is 2.40. The zero-order valence-electron chi connectivity index (χ0n) is 13.1. The van der Waals surface area contributed by atoms with Crippen LogP contribution in [-0.4, -0.2) is 47.4 Å². The molecular weight excluding hydrogens is 316 g/mol. The van der Waals surface area contributed by atoms with E-state index in [0.29, 0.717) is 18.7 Å². The second-order valence-electron chi connectivity index (χ2n) is 6.95. The summed E-state index contributed by atoms with van der Waals surface area (Å²) in [5.41, 5.74) is 0.0305. The highest BCUT2D eigenvalue weighted by atomic mass is 33.1. The van der Waals surface area contributed by atoms with Gasteiger partial charge in [0, 0.05) is 48.9 Å². The summed E-state index contributed by atoms with van der Waals surface area (Å²) in [6.07, 6.45) is 8.18. The standard InChI is InChI=1S/C16H26N2O2S2/c19-14-10-16(11-17-14)7-3-8-18(12-16)15(20)5-2-1-4-13-6-9-21-22-13/h13H,1-12H2,(H,17,19)/t13-,16-/m1/s1. The molecule has 22 heavy (non-hydrogen) atoms. The molecule has 3 rings (SSSR count). The highest BCUT2D eigenvalue weighted by Gasteiger charge is 2.42. The maximum atomic E-state index is 12.4. The first kappa shape index (κ1) is 16.5. The van der Waals surface area contributed by atoms with E-state index in [1.807, 2.05) is 26.5 Å². The van der Waals surface area contributed by atoms with Crippen molar-refractivity contribution in [2.24, 2.45) is 5.41 Å². The van der Waals surface area contributed by atoms with Crippen molar-refractivity contribution in [1.29, 1.82) is 0 Å². The number of unbranched alkanes of at least 4 members (excludes halogenated alkanes) is 1. The second-order valence-corrected chi connectivity index (χ2v) is 9.73. The van der Waals surface area contributed by atoms with E-state index in [2.05, 4.69) is 5.32 Å². The first-order chi connectivity index (χ1) is 10.7.